The van der Waals surface area contributed by atoms with Gasteiger partial charge in [0.05, 0.1) is 23.6 Å². The number of amides is 1. The van der Waals surface area contributed by atoms with Crippen LogP contribution in [0.3, 0.4) is 0 Å². The first-order valence-electron chi connectivity index (χ1n) is 8.85. The molecule has 1 fully saturated rings. The van der Waals surface area contributed by atoms with Gasteiger partial charge in [-0.25, -0.2) is 0 Å². The van der Waals surface area contributed by atoms with Gasteiger partial charge >= 0.3 is 5.97 Å². The summed E-state index contributed by atoms with van der Waals surface area (Å²) in [5.74, 6) is -0.411. The van der Waals surface area contributed by atoms with Crippen molar-refractivity contribution < 1.29 is 14.3 Å². The molecule has 0 N–H and O–H groups in total. The van der Waals surface area contributed by atoms with Crippen LogP contribution in [-0.4, -0.2) is 36.5 Å². The quantitative estimate of drug-likeness (QED) is 0.661. The second-order valence-electron chi connectivity index (χ2n) is 6.45. The lowest BCUT2D eigenvalue weighted by Crippen LogP contribution is -2.42. The fourth-order valence-corrected chi connectivity index (χ4v) is 3.60. The molecule has 2 rings (SSSR count). The van der Waals surface area contributed by atoms with E-state index < -0.39 is 0 Å². The van der Waals surface area contributed by atoms with Crippen LogP contribution in [0.5, 0.6) is 0 Å². The number of halogens is 2. The van der Waals surface area contributed by atoms with Crippen molar-refractivity contribution >= 4 is 35.1 Å². The molecule has 1 amide bonds. The standard InChI is InChI=1S/C19H25Cl2NO3/c1-25-18(23)11-12-22(15-7-5-3-2-4-6-8-15)19(24)14-9-10-16(20)17(21)13-14/h9-10,13,15H,2-8,11-12H2,1H3. The number of carbonyl (C=O) groups is 2. The largest absolute Gasteiger partial charge is 0.469 e. The zero-order valence-corrected chi connectivity index (χ0v) is 16.1. The monoisotopic (exact) mass is 385 g/mol. The van der Waals surface area contributed by atoms with Gasteiger partial charge in [0.1, 0.15) is 0 Å². The number of nitrogens with zero attached hydrogens (tertiary/aromatic N) is 1. The summed E-state index contributed by atoms with van der Waals surface area (Å²) in [5, 5.41) is 0.781. The van der Waals surface area contributed by atoms with Gasteiger partial charge in [-0.1, -0.05) is 55.3 Å². The number of hydrogen-bond acceptors (Lipinski definition) is 3. The molecule has 4 nitrogen and oxygen atoms in total. The number of hydrogen-bond donors (Lipinski definition) is 0. The highest BCUT2D eigenvalue weighted by Crippen LogP contribution is 2.26. The van der Waals surface area contributed by atoms with E-state index in [0.717, 1.165) is 25.7 Å². The third-order valence-electron chi connectivity index (χ3n) is 4.73. The average Bonchev–Trinajstić information content (AvgIpc) is 2.58. The number of benzene rings is 1. The molecule has 0 atom stereocenters. The van der Waals surface area contributed by atoms with Crippen LogP contribution in [-0.2, 0) is 9.53 Å². The zero-order chi connectivity index (χ0) is 18.2. The van der Waals surface area contributed by atoms with Gasteiger partial charge in [-0.05, 0) is 31.0 Å². The molecule has 0 aromatic heterocycles. The SMILES string of the molecule is COC(=O)CCN(C(=O)c1ccc(Cl)c(Cl)c1)C1CCCCCCC1. The highest BCUT2D eigenvalue weighted by atomic mass is 35.5. The van der Waals surface area contributed by atoms with Crippen LogP contribution in [0.25, 0.3) is 0 Å². The van der Waals surface area contributed by atoms with Gasteiger partial charge in [0.25, 0.3) is 5.91 Å². The average molecular weight is 386 g/mol. The predicted octanol–water partition coefficient (Wildman–Crippen LogP) is 5.11. The van der Waals surface area contributed by atoms with Crippen molar-refractivity contribution in [3.63, 3.8) is 0 Å². The van der Waals surface area contributed by atoms with Crippen molar-refractivity contribution in [2.75, 3.05) is 13.7 Å². The first kappa shape index (κ1) is 20.1. The molecular formula is C19H25Cl2NO3. The van der Waals surface area contributed by atoms with Crippen LogP contribution in [0.2, 0.25) is 10.0 Å². The maximum atomic E-state index is 13.1. The minimum Gasteiger partial charge on any atom is -0.469 e. The summed E-state index contributed by atoms with van der Waals surface area (Å²) in [6.07, 6.45) is 7.99. The van der Waals surface area contributed by atoms with E-state index in [2.05, 4.69) is 0 Å². The van der Waals surface area contributed by atoms with E-state index in [0.29, 0.717) is 22.2 Å². The van der Waals surface area contributed by atoms with E-state index in [9.17, 15) is 9.59 Å². The van der Waals surface area contributed by atoms with Crippen LogP contribution in [0.15, 0.2) is 18.2 Å². The highest BCUT2D eigenvalue weighted by molar-refractivity contribution is 6.42. The van der Waals surface area contributed by atoms with Crippen molar-refractivity contribution in [2.45, 2.75) is 57.4 Å². The van der Waals surface area contributed by atoms with Crippen LogP contribution >= 0.6 is 23.2 Å². The number of rotatable bonds is 5. The summed E-state index contributed by atoms with van der Waals surface area (Å²) < 4.78 is 4.74. The van der Waals surface area contributed by atoms with Crippen molar-refractivity contribution in [3.05, 3.63) is 33.8 Å². The molecule has 1 aliphatic carbocycles. The molecule has 1 saturated carbocycles. The molecule has 6 heteroatoms. The maximum absolute atomic E-state index is 13.1. The van der Waals surface area contributed by atoms with Gasteiger partial charge in [-0.2, -0.15) is 0 Å². The van der Waals surface area contributed by atoms with Crippen molar-refractivity contribution in [2.24, 2.45) is 0 Å². The Labute approximate surface area is 159 Å². The normalized spacial score (nSPS) is 16.0. The number of carbonyl (C=O) groups excluding carboxylic acids is 2. The van der Waals surface area contributed by atoms with E-state index in [1.165, 1.54) is 26.4 Å². The first-order chi connectivity index (χ1) is 12.0. The zero-order valence-electron chi connectivity index (χ0n) is 14.6. The van der Waals surface area contributed by atoms with Gasteiger partial charge in [-0.15, -0.1) is 0 Å². The molecule has 0 spiro atoms. The Morgan fingerprint density at radius 3 is 2.32 bits per heavy atom. The third kappa shape index (κ3) is 5.89. The Hall–Kier alpha value is -1.26. The molecule has 138 valence electrons. The lowest BCUT2D eigenvalue weighted by atomic mass is 9.95. The van der Waals surface area contributed by atoms with Crippen LogP contribution < -0.4 is 0 Å². The molecule has 0 saturated heterocycles. The van der Waals surface area contributed by atoms with E-state index in [-0.39, 0.29) is 24.3 Å². The molecule has 0 heterocycles. The second-order valence-corrected chi connectivity index (χ2v) is 7.27. The lowest BCUT2D eigenvalue weighted by molar-refractivity contribution is -0.140. The fraction of sp³-hybridized carbons (Fsp3) is 0.579. The number of methoxy groups -OCH3 is 1. The van der Waals surface area contributed by atoms with Crippen molar-refractivity contribution in [1.82, 2.24) is 4.90 Å². The van der Waals surface area contributed by atoms with Crippen molar-refractivity contribution in [3.8, 4) is 0 Å². The summed E-state index contributed by atoms with van der Waals surface area (Å²) in [6.45, 7) is 0.358. The molecular weight excluding hydrogens is 361 g/mol. The minimum absolute atomic E-state index is 0.104. The summed E-state index contributed by atoms with van der Waals surface area (Å²) in [5.41, 5.74) is 0.501. The van der Waals surface area contributed by atoms with E-state index >= 15 is 0 Å². The Morgan fingerprint density at radius 2 is 1.72 bits per heavy atom. The molecule has 1 aromatic carbocycles. The predicted molar refractivity (Wildman–Crippen MR) is 100 cm³/mol. The van der Waals surface area contributed by atoms with Gasteiger partial charge in [0.2, 0.25) is 0 Å². The molecule has 0 radical (unpaired) electrons. The second kappa shape index (κ2) is 10.0. The lowest BCUT2D eigenvalue weighted by Gasteiger charge is -2.33. The summed E-state index contributed by atoms with van der Waals surface area (Å²) in [7, 11) is 1.36. The maximum Gasteiger partial charge on any atom is 0.307 e. The van der Waals surface area contributed by atoms with Crippen LogP contribution in [0.1, 0.15) is 61.7 Å². The topological polar surface area (TPSA) is 46.6 Å². The first-order valence-corrected chi connectivity index (χ1v) is 9.61. The molecule has 0 unspecified atom stereocenters. The Balaban J connectivity index is 2.20. The fourth-order valence-electron chi connectivity index (χ4n) is 3.30. The van der Waals surface area contributed by atoms with Crippen LogP contribution in [0, 0.1) is 0 Å². The smallest absolute Gasteiger partial charge is 0.307 e. The van der Waals surface area contributed by atoms with Gasteiger partial charge < -0.3 is 9.64 Å². The Bertz CT molecular complexity index is 598. The van der Waals surface area contributed by atoms with E-state index in [1.807, 2.05) is 4.90 Å². The van der Waals surface area contributed by atoms with E-state index in [1.54, 1.807) is 18.2 Å². The number of ether oxygens (including phenoxy) is 1. The Morgan fingerprint density at radius 1 is 1.08 bits per heavy atom. The van der Waals surface area contributed by atoms with Gasteiger partial charge in [0.15, 0.2) is 0 Å². The summed E-state index contributed by atoms with van der Waals surface area (Å²) in [6, 6.07) is 5.06. The molecule has 1 aromatic rings. The summed E-state index contributed by atoms with van der Waals surface area (Å²) >= 11 is 12.0. The van der Waals surface area contributed by atoms with Gasteiger partial charge in [0, 0.05) is 18.2 Å². The van der Waals surface area contributed by atoms with Crippen LogP contribution in [0.4, 0.5) is 0 Å². The minimum atomic E-state index is -0.308. The van der Waals surface area contributed by atoms with Crippen molar-refractivity contribution in [1.29, 1.82) is 0 Å². The molecule has 1 aliphatic rings. The van der Waals surface area contributed by atoms with Gasteiger partial charge in [-0.3, -0.25) is 9.59 Å². The highest BCUT2D eigenvalue weighted by Gasteiger charge is 2.26. The summed E-state index contributed by atoms with van der Waals surface area (Å²) in [4.78, 5) is 26.5. The molecule has 0 bridgehead atoms. The molecule has 25 heavy (non-hydrogen) atoms. The number of esters is 1. The Kier molecular flexibility index (Phi) is 8.04. The molecule has 0 aliphatic heterocycles. The van der Waals surface area contributed by atoms with E-state index in [4.69, 9.17) is 27.9 Å². The third-order valence-corrected chi connectivity index (χ3v) is 5.47.